The molecule has 0 saturated heterocycles. The minimum Gasteiger partial charge on any atom is -0.429 e. The van der Waals surface area contributed by atoms with E-state index in [1.165, 1.54) is 0 Å². The van der Waals surface area contributed by atoms with Gasteiger partial charge >= 0.3 is 0 Å². The van der Waals surface area contributed by atoms with E-state index in [-0.39, 0.29) is 12.2 Å². The molecule has 0 aliphatic heterocycles. The maximum atomic E-state index is 12.4. The predicted molar refractivity (Wildman–Crippen MR) is 33.0 cm³/mol. The van der Waals surface area contributed by atoms with Crippen LogP contribution in [0.25, 0.3) is 0 Å². The zero-order chi connectivity index (χ0) is 9.14. The van der Waals surface area contributed by atoms with Gasteiger partial charge in [0.1, 0.15) is 5.75 Å². The third-order valence-electron chi connectivity index (χ3n) is 1.14. The molecule has 0 amide bonds. The molecule has 0 bridgehead atoms. The van der Waals surface area contributed by atoms with Crippen molar-refractivity contribution in [1.82, 2.24) is 0 Å². The number of rotatable bonds is 2. The second-order valence-corrected chi connectivity index (χ2v) is 1.91. The molecule has 0 aliphatic carbocycles. The fraction of sp³-hybridized carbons (Fsp3) is 0. The van der Waals surface area contributed by atoms with Gasteiger partial charge in [-0.25, -0.2) is 13.2 Å². The maximum absolute atomic E-state index is 12.4. The first kappa shape index (κ1) is 8.58. The zero-order valence-electron chi connectivity index (χ0n) is 5.68. The van der Waals surface area contributed by atoms with Crippen LogP contribution >= 0.6 is 0 Å². The second-order valence-electron chi connectivity index (χ2n) is 1.91. The minimum atomic E-state index is -1.59. The van der Waals surface area contributed by atoms with E-state index in [1.54, 1.807) is 0 Å². The molecule has 1 aromatic rings. The van der Waals surface area contributed by atoms with Gasteiger partial charge in [0.2, 0.25) is 0 Å². The minimum absolute atomic E-state index is 0.00782. The first-order chi connectivity index (χ1) is 5.65. The quantitative estimate of drug-likeness (QED) is 0.505. The van der Waals surface area contributed by atoms with Gasteiger partial charge in [-0.05, 0) is 0 Å². The van der Waals surface area contributed by atoms with E-state index in [1.807, 2.05) is 0 Å². The summed E-state index contributed by atoms with van der Waals surface area (Å²) in [5.41, 5.74) is 0. The van der Waals surface area contributed by atoms with Crippen molar-refractivity contribution in [2.45, 2.75) is 0 Å². The summed E-state index contributed by atoms with van der Waals surface area (Å²) >= 11 is 0. The van der Waals surface area contributed by atoms with Gasteiger partial charge in [0.05, 0.1) is 0 Å². The lowest BCUT2D eigenvalue weighted by molar-refractivity contribution is -0.120. The molecule has 0 atom stereocenters. The normalized spacial score (nSPS) is 9.58. The molecule has 0 aromatic heterocycles. The molecular weight excluding hydrogens is 173 g/mol. The standard InChI is InChI=1S/C7H3F3O2/c8-5-1-4(12-3-11)2-6(9)7(5)10/h1-3H. The third-order valence-corrected chi connectivity index (χ3v) is 1.14. The Morgan fingerprint density at radius 3 is 2.08 bits per heavy atom. The Kier molecular flexibility index (Phi) is 2.32. The van der Waals surface area contributed by atoms with Crippen LogP contribution in [0.4, 0.5) is 13.2 Å². The molecule has 1 rings (SSSR count). The number of carbonyl (C=O) groups is 1. The molecule has 0 fully saturated rings. The van der Waals surface area contributed by atoms with Gasteiger partial charge in [-0.1, -0.05) is 0 Å². The zero-order valence-corrected chi connectivity index (χ0v) is 5.68. The van der Waals surface area contributed by atoms with E-state index in [9.17, 15) is 18.0 Å². The molecule has 0 saturated carbocycles. The Balaban J connectivity index is 3.11. The molecule has 0 heterocycles. The van der Waals surface area contributed by atoms with Crippen LogP contribution in [0.15, 0.2) is 12.1 Å². The van der Waals surface area contributed by atoms with Crippen LogP contribution in [0.1, 0.15) is 0 Å². The van der Waals surface area contributed by atoms with E-state index in [2.05, 4.69) is 4.74 Å². The number of benzene rings is 1. The maximum Gasteiger partial charge on any atom is 0.298 e. The molecule has 0 spiro atoms. The van der Waals surface area contributed by atoms with Crippen LogP contribution in [0.3, 0.4) is 0 Å². The van der Waals surface area contributed by atoms with Crippen molar-refractivity contribution < 1.29 is 22.7 Å². The summed E-state index contributed by atoms with van der Waals surface area (Å²) in [5.74, 6) is -4.76. The lowest BCUT2D eigenvalue weighted by atomic mass is 10.3. The predicted octanol–water partition coefficient (Wildman–Crippen LogP) is 1.64. The highest BCUT2D eigenvalue weighted by Gasteiger charge is 2.10. The fourth-order valence-electron chi connectivity index (χ4n) is 0.656. The molecule has 12 heavy (non-hydrogen) atoms. The Bertz CT molecular complexity index is 289. The number of halogens is 3. The summed E-state index contributed by atoms with van der Waals surface area (Å²) in [6.07, 6.45) is 0. The summed E-state index contributed by atoms with van der Waals surface area (Å²) in [5, 5.41) is 0. The van der Waals surface area contributed by atoms with Gasteiger partial charge in [-0.2, -0.15) is 0 Å². The van der Waals surface area contributed by atoms with Crippen LogP contribution in [-0.4, -0.2) is 6.47 Å². The SMILES string of the molecule is O=COc1cc(F)c(F)c(F)c1. The van der Waals surface area contributed by atoms with Crippen LogP contribution in [0.5, 0.6) is 5.75 Å². The summed E-state index contributed by atoms with van der Waals surface area (Å²) in [6.45, 7) is -0.00782. The van der Waals surface area contributed by atoms with Gasteiger partial charge in [-0.3, -0.25) is 4.79 Å². The van der Waals surface area contributed by atoms with Crippen LogP contribution < -0.4 is 4.74 Å². The molecule has 0 N–H and O–H groups in total. The van der Waals surface area contributed by atoms with Crippen molar-refractivity contribution in [3.05, 3.63) is 29.6 Å². The summed E-state index contributed by atoms with van der Waals surface area (Å²) in [4.78, 5) is 9.72. The van der Waals surface area contributed by atoms with E-state index >= 15 is 0 Å². The van der Waals surface area contributed by atoms with E-state index in [0.29, 0.717) is 12.1 Å². The molecule has 0 unspecified atom stereocenters. The van der Waals surface area contributed by atoms with E-state index < -0.39 is 17.5 Å². The van der Waals surface area contributed by atoms with E-state index in [0.717, 1.165) is 0 Å². The van der Waals surface area contributed by atoms with E-state index in [4.69, 9.17) is 0 Å². The van der Waals surface area contributed by atoms with Crippen LogP contribution in [0, 0.1) is 17.5 Å². The largest absolute Gasteiger partial charge is 0.429 e. The first-order valence-electron chi connectivity index (χ1n) is 2.90. The van der Waals surface area contributed by atoms with Gasteiger partial charge in [-0.15, -0.1) is 0 Å². The first-order valence-corrected chi connectivity index (χ1v) is 2.90. The Labute approximate surface area is 65.6 Å². The second kappa shape index (κ2) is 3.25. The van der Waals surface area contributed by atoms with Gasteiger partial charge in [0.15, 0.2) is 17.5 Å². The molecule has 0 aliphatic rings. The highest BCUT2D eigenvalue weighted by Crippen LogP contribution is 2.18. The average Bonchev–Trinajstić information content (AvgIpc) is 2.01. The van der Waals surface area contributed by atoms with Gasteiger partial charge in [0, 0.05) is 12.1 Å². The topological polar surface area (TPSA) is 26.3 Å². The third kappa shape index (κ3) is 1.55. The monoisotopic (exact) mass is 176 g/mol. The summed E-state index contributed by atoms with van der Waals surface area (Å²) < 4.78 is 41.1. The Hall–Kier alpha value is -1.52. The van der Waals surface area contributed by atoms with Crippen molar-refractivity contribution >= 4 is 6.47 Å². The van der Waals surface area contributed by atoms with Crippen molar-refractivity contribution in [1.29, 1.82) is 0 Å². The highest BCUT2D eigenvalue weighted by atomic mass is 19.2. The lowest BCUT2D eigenvalue weighted by Gasteiger charge is -1.98. The van der Waals surface area contributed by atoms with Crippen molar-refractivity contribution in [3.63, 3.8) is 0 Å². The van der Waals surface area contributed by atoms with Crippen LogP contribution in [-0.2, 0) is 4.79 Å². The van der Waals surface area contributed by atoms with Crippen LogP contribution in [0.2, 0.25) is 0 Å². The molecule has 2 nitrogen and oxygen atoms in total. The average molecular weight is 176 g/mol. The van der Waals surface area contributed by atoms with Crippen molar-refractivity contribution in [2.24, 2.45) is 0 Å². The summed E-state index contributed by atoms with van der Waals surface area (Å²) in [6, 6.07) is 1.15. The Morgan fingerprint density at radius 1 is 1.17 bits per heavy atom. The van der Waals surface area contributed by atoms with Gasteiger partial charge < -0.3 is 4.74 Å². The summed E-state index contributed by atoms with van der Waals surface area (Å²) in [7, 11) is 0. The van der Waals surface area contributed by atoms with Crippen molar-refractivity contribution in [2.75, 3.05) is 0 Å². The molecule has 64 valence electrons. The molecular formula is C7H3F3O2. The smallest absolute Gasteiger partial charge is 0.298 e. The number of hydrogen-bond donors (Lipinski definition) is 0. The van der Waals surface area contributed by atoms with Crippen molar-refractivity contribution in [3.8, 4) is 5.75 Å². The Morgan fingerprint density at radius 2 is 1.67 bits per heavy atom. The highest BCUT2D eigenvalue weighted by molar-refractivity contribution is 5.45. The number of carbonyl (C=O) groups excluding carboxylic acids is 1. The fourth-order valence-corrected chi connectivity index (χ4v) is 0.656. The number of hydrogen-bond acceptors (Lipinski definition) is 2. The molecule has 0 radical (unpaired) electrons. The van der Waals surface area contributed by atoms with Gasteiger partial charge in [0.25, 0.3) is 6.47 Å². The number of ether oxygens (including phenoxy) is 1. The lowest BCUT2D eigenvalue weighted by Crippen LogP contribution is -1.94. The molecule has 5 heteroatoms. The molecule has 1 aromatic carbocycles.